The molecule has 2 rings (SSSR count). The quantitative estimate of drug-likeness (QED) is 0.902. The van der Waals surface area contributed by atoms with Crippen molar-refractivity contribution in [1.29, 1.82) is 0 Å². The van der Waals surface area contributed by atoms with Crippen molar-refractivity contribution in [2.75, 3.05) is 5.32 Å². The monoisotopic (exact) mass is 262 g/mol. The summed E-state index contributed by atoms with van der Waals surface area (Å²) in [6.45, 7) is 3.72. The molecule has 0 saturated heterocycles. The molecular weight excluding hydrogens is 252 g/mol. The van der Waals surface area contributed by atoms with Crippen LogP contribution in [0, 0.1) is 13.8 Å². The fourth-order valence-electron chi connectivity index (χ4n) is 1.44. The van der Waals surface area contributed by atoms with Crippen molar-refractivity contribution in [3.05, 3.63) is 46.5 Å². The van der Waals surface area contributed by atoms with E-state index in [1.165, 1.54) is 12.1 Å². The molecule has 2 aromatic rings. The van der Waals surface area contributed by atoms with Gasteiger partial charge in [0.05, 0.1) is 11.4 Å². The topological polar surface area (TPSA) is 67.8 Å². The molecule has 1 N–H and O–H groups in total. The maximum absolute atomic E-state index is 11.9. The molecule has 5 nitrogen and oxygen atoms in total. The SMILES string of the molecule is Cc1ccc(NC(=O)c2ccc(Cl)nn2)c(C)n1. The van der Waals surface area contributed by atoms with Crippen LogP contribution in [-0.2, 0) is 0 Å². The zero-order valence-electron chi connectivity index (χ0n) is 9.94. The minimum atomic E-state index is -0.340. The number of pyridine rings is 1. The molecule has 2 aromatic heterocycles. The van der Waals surface area contributed by atoms with Gasteiger partial charge in [-0.15, -0.1) is 10.2 Å². The highest BCUT2D eigenvalue weighted by molar-refractivity contribution is 6.29. The van der Waals surface area contributed by atoms with Gasteiger partial charge in [-0.1, -0.05) is 11.6 Å². The van der Waals surface area contributed by atoms with E-state index in [9.17, 15) is 4.79 Å². The Labute approximate surface area is 109 Å². The first kappa shape index (κ1) is 12.4. The van der Waals surface area contributed by atoms with Crippen LogP contribution in [0.5, 0.6) is 0 Å². The van der Waals surface area contributed by atoms with Gasteiger partial charge in [-0.3, -0.25) is 9.78 Å². The Morgan fingerprint density at radius 1 is 1.17 bits per heavy atom. The molecule has 1 amide bonds. The summed E-state index contributed by atoms with van der Waals surface area (Å²) in [5, 5.41) is 10.3. The number of carbonyl (C=O) groups is 1. The van der Waals surface area contributed by atoms with Crippen molar-refractivity contribution >= 4 is 23.2 Å². The molecule has 0 radical (unpaired) electrons. The largest absolute Gasteiger partial charge is 0.319 e. The van der Waals surface area contributed by atoms with Gasteiger partial charge < -0.3 is 5.32 Å². The summed E-state index contributed by atoms with van der Waals surface area (Å²) in [6.07, 6.45) is 0. The smallest absolute Gasteiger partial charge is 0.276 e. The van der Waals surface area contributed by atoms with Gasteiger partial charge in [0.25, 0.3) is 5.91 Å². The number of hydrogen-bond donors (Lipinski definition) is 1. The van der Waals surface area contributed by atoms with E-state index in [1.807, 2.05) is 19.9 Å². The molecule has 0 saturated carbocycles. The first-order valence-electron chi connectivity index (χ1n) is 5.31. The maximum Gasteiger partial charge on any atom is 0.276 e. The molecule has 2 heterocycles. The summed E-state index contributed by atoms with van der Waals surface area (Å²) in [6, 6.07) is 6.67. The van der Waals surface area contributed by atoms with Crippen LogP contribution in [0.2, 0.25) is 5.15 Å². The molecule has 0 aromatic carbocycles. The Balaban J connectivity index is 2.18. The van der Waals surface area contributed by atoms with Crippen molar-refractivity contribution in [3.8, 4) is 0 Å². The minimum Gasteiger partial charge on any atom is -0.319 e. The Hall–Kier alpha value is -2.01. The van der Waals surface area contributed by atoms with E-state index in [1.54, 1.807) is 6.07 Å². The second kappa shape index (κ2) is 5.10. The average molecular weight is 263 g/mol. The molecule has 0 aliphatic heterocycles. The third kappa shape index (κ3) is 2.81. The number of carbonyl (C=O) groups excluding carboxylic acids is 1. The van der Waals surface area contributed by atoms with Gasteiger partial charge in [0.2, 0.25) is 0 Å². The number of aryl methyl sites for hydroxylation is 2. The molecule has 6 heteroatoms. The third-order valence-corrected chi connectivity index (χ3v) is 2.54. The standard InChI is InChI=1S/C12H11ClN4O/c1-7-3-4-9(8(2)14-7)15-12(18)10-5-6-11(13)17-16-10/h3-6H,1-2H3,(H,15,18). The summed E-state index contributed by atoms with van der Waals surface area (Å²) in [7, 11) is 0. The van der Waals surface area contributed by atoms with E-state index in [4.69, 9.17) is 11.6 Å². The van der Waals surface area contributed by atoms with Crippen LogP contribution in [0.3, 0.4) is 0 Å². The first-order chi connectivity index (χ1) is 8.56. The normalized spacial score (nSPS) is 10.2. The summed E-state index contributed by atoms with van der Waals surface area (Å²) < 4.78 is 0. The van der Waals surface area contributed by atoms with Crippen LogP contribution in [0.25, 0.3) is 0 Å². The third-order valence-electron chi connectivity index (χ3n) is 2.34. The molecule has 92 valence electrons. The Morgan fingerprint density at radius 3 is 2.56 bits per heavy atom. The zero-order valence-corrected chi connectivity index (χ0v) is 10.7. The number of aromatic nitrogens is 3. The number of nitrogens with zero attached hydrogens (tertiary/aromatic N) is 3. The zero-order chi connectivity index (χ0) is 13.1. The Morgan fingerprint density at radius 2 is 1.94 bits per heavy atom. The summed E-state index contributed by atoms with van der Waals surface area (Å²) in [5.41, 5.74) is 2.52. The van der Waals surface area contributed by atoms with Gasteiger partial charge in [0.1, 0.15) is 0 Å². The second-order valence-corrected chi connectivity index (χ2v) is 4.17. The van der Waals surface area contributed by atoms with Crippen LogP contribution < -0.4 is 5.32 Å². The number of nitrogens with one attached hydrogen (secondary N) is 1. The molecule has 18 heavy (non-hydrogen) atoms. The lowest BCUT2D eigenvalue weighted by atomic mass is 10.2. The Bertz CT molecular complexity index is 583. The molecule has 0 unspecified atom stereocenters. The summed E-state index contributed by atoms with van der Waals surface area (Å²) >= 11 is 5.60. The molecule has 0 spiro atoms. The number of amides is 1. The molecule has 0 aliphatic carbocycles. The van der Waals surface area contributed by atoms with E-state index in [0.717, 1.165) is 11.4 Å². The highest BCUT2D eigenvalue weighted by atomic mass is 35.5. The van der Waals surface area contributed by atoms with E-state index in [-0.39, 0.29) is 16.8 Å². The van der Waals surface area contributed by atoms with E-state index < -0.39 is 0 Å². The van der Waals surface area contributed by atoms with Crippen molar-refractivity contribution in [2.24, 2.45) is 0 Å². The highest BCUT2D eigenvalue weighted by Crippen LogP contribution is 2.13. The van der Waals surface area contributed by atoms with Crippen LogP contribution in [0.1, 0.15) is 21.9 Å². The van der Waals surface area contributed by atoms with E-state index in [0.29, 0.717) is 5.69 Å². The second-order valence-electron chi connectivity index (χ2n) is 3.78. The fraction of sp³-hybridized carbons (Fsp3) is 0.167. The minimum absolute atomic E-state index is 0.208. The lowest BCUT2D eigenvalue weighted by Gasteiger charge is -2.07. The predicted octanol–water partition coefficient (Wildman–Crippen LogP) is 2.39. The number of halogens is 1. The first-order valence-corrected chi connectivity index (χ1v) is 5.69. The summed E-state index contributed by atoms with van der Waals surface area (Å²) in [5.74, 6) is -0.340. The molecule has 0 atom stereocenters. The van der Waals surface area contributed by atoms with Crippen molar-refractivity contribution in [3.63, 3.8) is 0 Å². The number of rotatable bonds is 2. The number of hydrogen-bond acceptors (Lipinski definition) is 4. The van der Waals surface area contributed by atoms with Gasteiger partial charge in [-0.05, 0) is 38.1 Å². The van der Waals surface area contributed by atoms with Crippen LogP contribution in [0.4, 0.5) is 5.69 Å². The molecule has 0 bridgehead atoms. The molecule has 0 fully saturated rings. The van der Waals surface area contributed by atoms with Gasteiger partial charge in [-0.2, -0.15) is 0 Å². The predicted molar refractivity (Wildman–Crippen MR) is 68.7 cm³/mol. The lowest BCUT2D eigenvalue weighted by molar-refractivity contribution is 0.102. The Kier molecular flexibility index (Phi) is 3.53. The number of anilines is 1. The lowest BCUT2D eigenvalue weighted by Crippen LogP contribution is -2.15. The van der Waals surface area contributed by atoms with Crippen LogP contribution in [0.15, 0.2) is 24.3 Å². The van der Waals surface area contributed by atoms with Crippen LogP contribution in [-0.4, -0.2) is 21.1 Å². The van der Waals surface area contributed by atoms with Crippen molar-refractivity contribution < 1.29 is 4.79 Å². The maximum atomic E-state index is 11.9. The van der Waals surface area contributed by atoms with Gasteiger partial charge in [-0.25, -0.2) is 0 Å². The van der Waals surface area contributed by atoms with Crippen molar-refractivity contribution in [2.45, 2.75) is 13.8 Å². The van der Waals surface area contributed by atoms with Crippen molar-refractivity contribution in [1.82, 2.24) is 15.2 Å². The van der Waals surface area contributed by atoms with Gasteiger partial charge in [0.15, 0.2) is 10.8 Å². The molecule has 0 aliphatic rings. The average Bonchev–Trinajstić information content (AvgIpc) is 2.33. The van der Waals surface area contributed by atoms with Gasteiger partial charge >= 0.3 is 0 Å². The fourth-order valence-corrected chi connectivity index (χ4v) is 1.54. The van der Waals surface area contributed by atoms with E-state index in [2.05, 4.69) is 20.5 Å². The highest BCUT2D eigenvalue weighted by Gasteiger charge is 2.10. The molecular formula is C12H11ClN4O. The summed E-state index contributed by atoms with van der Waals surface area (Å²) in [4.78, 5) is 16.1. The van der Waals surface area contributed by atoms with Crippen LogP contribution >= 0.6 is 11.6 Å². The van der Waals surface area contributed by atoms with E-state index >= 15 is 0 Å². The van der Waals surface area contributed by atoms with Gasteiger partial charge in [0, 0.05) is 5.69 Å².